The Kier molecular flexibility index (Phi) is 9.14. The van der Waals surface area contributed by atoms with Crippen LogP contribution >= 0.6 is 0 Å². The van der Waals surface area contributed by atoms with Gasteiger partial charge >= 0.3 is 5.97 Å². The summed E-state index contributed by atoms with van der Waals surface area (Å²) in [6.45, 7) is 6.07. The Labute approximate surface area is 106 Å². The van der Waals surface area contributed by atoms with Gasteiger partial charge in [-0.05, 0) is 12.3 Å². The fraction of sp³-hybridized carbons (Fsp3) is 0.929. The molecule has 0 aromatic rings. The number of esters is 1. The van der Waals surface area contributed by atoms with Crippen LogP contribution in [-0.2, 0) is 9.53 Å². The number of rotatable bonds is 9. The summed E-state index contributed by atoms with van der Waals surface area (Å²) >= 11 is 0. The first-order chi connectivity index (χ1) is 8.04. The molecule has 3 heteroatoms. The molecule has 102 valence electrons. The Hall–Kier alpha value is -0.570. The normalized spacial score (nSPS) is 14.7. The Bertz CT molecular complexity index is 202. The van der Waals surface area contributed by atoms with Crippen LogP contribution in [0.5, 0.6) is 0 Å². The molecule has 0 bridgehead atoms. The van der Waals surface area contributed by atoms with Crippen molar-refractivity contribution in [2.45, 2.75) is 65.4 Å². The summed E-state index contributed by atoms with van der Waals surface area (Å²) in [4.78, 5) is 11.5. The third kappa shape index (κ3) is 6.67. The molecule has 17 heavy (non-hydrogen) atoms. The summed E-state index contributed by atoms with van der Waals surface area (Å²) in [5.41, 5.74) is 0. The largest absolute Gasteiger partial charge is 0.469 e. The minimum Gasteiger partial charge on any atom is -0.469 e. The van der Waals surface area contributed by atoms with Gasteiger partial charge in [0.1, 0.15) is 0 Å². The van der Waals surface area contributed by atoms with Crippen molar-refractivity contribution >= 4 is 5.97 Å². The van der Waals surface area contributed by atoms with E-state index in [0.29, 0.717) is 6.42 Å². The van der Waals surface area contributed by atoms with Crippen LogP contribution in [0.3, 0.4) is 0 Å². The molecular formula is C14H28O3. The van der Waals surface area contributed by atoms with E-state index in [1.54, 1.807) is 0 Å². The van der Waals surface area contributed by atoms with E-state index in [9.17, 15) is 9.90 Å². The predicted octanol–water partition coefficient (Wildman–Crippen LogP) is 3.15. The highest BCUT2D eigenvalue weighted by Gasteiger charge is 2.30. The second kappa shape index (κ2) is 9.46. The van der Waals surface area contributed by atoms with Gasteiger partial charge < -0.3 is 9.84 Å². The Balaban J connectivity index is 3.98. The lowest BCUT2D eigenvalue weighted by Gasteiger charge is -2.23. The maximum atomic E-state index is 11.5. The fourth-order valence-corrected chi connectivity index (χ4v) is 2.15. The molecule has 0 aliphatic heterocycles. The van der Waals surface area contributed by atoms with Crippen molar-refractivity contribution in [2.24, 2.45) is 11.8 Å². The van der Waals surface area contributed by atoms with Gasteiger partial charge in [-0.2, -0.15) is 0 Å². The fourth-order valence-electron chi connectivity index (χ4n) is 2.15. The number of carbonyl (C=O) groups excluding carboxylic acids is 1. The Morgan fingerprint density at radius 2 is 1.76 bits per heavy atom. The van der Waals surface area contributed by atoms with Gasteiger partial charge in [0.2, 0.25) is 0 Å². The number of aliphatic hydroxyl groups is 1. The third-order valence-electron chi connectivity index (χ3n) is 3.21. The van der Waals surface area contributed by atoms with Crippen molar-refractivity contribution in [3.8, 4) is 0 Å². The van der Waals surface area contributed by atoms with E-state index in [-0.39, 0.29) is 17.8 Å². The number of methoxy groups -OCH3 is 1. The first-order valence-corrected chi connectivity index (χ1v) is 6.80. The quantitative estimate of drug-likeness (QED) is 0.500. The number of hydrogen-bond acceptors (Lipinski definition) is 3. The molecule has 0 spiro atoms. The van der Waals surface area contributed by atoms with Crippen LogP contribution in [0.4, 0.5) is 0 Å². The van der Waals surface area contributed by atoms with Gasteiger partial charge in [0.25, 0.3) is 0 Å². The highest BCUT2D eigenvalue weighted by atomic mass is 16.5. The third-order valence-corrected chi connectivity index (χ3v) is 3.21. The van der Waals surface area contributed by atoms with E-state index in [1.165, 1.54) is 26.4 Å². The average Bonchev–Trinajstić information content (AvgIpc) is 2.28. The van der Waals surface area contributed by atoms with E-state index >= 15 is 0 Å². The summed E-state index contributed by atoms with van der Waals surface area (Å²) < 4.78 is 4.74. The summed E-state index contributed by atoms with van der Waals surface area (Å²) in [6.07, 6.45) is 5.94. The van der Waals surface area contributed by atoms with Crippen LogP contribution in [-0.4, -0.2) is 24.3 Å². The molecule has 0 aromatic carbocycles. The van der Waals surface area contributed by atoms with E-state index in [0.717, 1.165) is 12.8 Å². The van der Waals surface area contributed by atoms with Crippen molar-refractivity contribution in [1.82, 2.24) is 0 Å². The van der Waals surface area contributed by atoms with E-state index in [1.807, 2.05) is 13.8 Å². The summed E-state index contributed by atoms with van der Waals surface area (Å²) in [6, 6.07) is 0. The first-order valence-electron chi connectivity index (χ1n) is 6.80. The van der Waals surface area contributed by atoms with Gasteiger partial charge in [-0.3, -0.25) is 4.79 Å². The van der Waals surface area contributed by atoms with Gasteiger partial charge in [-0.15, -0.1) is 0 Å². The van der Waals surface area contributed by atoms with Crippen molar-refractivity contribution in [3.63, 3.8) is 0 Å². The molecule has 0 aliphatic carbocycles. The van der Waals surface area contributed by atoms with Crippen LogP contribution in [0.1, 0.15) is 59.3 Å². The minimum atomic E-state index is -0.566. The van der Waals surface area contributed by atoms with Crippen molar-refractivity contribution in [1.29, 1.82) is 0 Å². The van der Waals surface area contributed by atoms with Crippen molar-refractivity contribution in [3.05, 3.63) is 0 Å². The topological polar surface area (TPSA) is 46.5 Å². The molecule has 0 aliphatic rings. The standard InChI is InChI=1S/C14H28O3/c1-5-6-7-8-9-10-12(15)13(11(2)3)14(16)17-4/h11-13,15H,5-10H2,1-4H3. The lowest BCUT2D eigenvalue weighted by Crippen LogP contribution is -2.33. The molecule has 0 amide bonds. The summed E-state index contributed by atoms with van der Waals surface area (Å²) in [5.74, 6) is -0.555. The van der Waals surface area contributed by atoms with Crippen LogP contribution < -0.4 is 0 Å². The molecule has 0 heterocycles. The molecule has 3 nitrogen and oxygen atoms in total. The van der Waals surface area contributed by atoms with E-state index in [2.05, 4.69) is 6.92 Å². The Morgan fingerprint density at radius 3 is 2.24 bits per heavy atom. The zero-order valence-electron chi connectivity index (χ0n) is 11.7. The van der Waals surface area contributed by atoms with Gasteiger partial charge in [-0.1, -0.05) is 52.9 Å². The van der Waals surface area contributed by atoms with Crippen molar-refractivity contribution in [2.75, 3.05) is 7.11 Å². The van der Waals surface area contributed by atoms with Crippen LogP contribution in [0.15, 0.2) is 0 Å². The number of carbonyl (C=O) groups is 1. The van der Waals surface area contributed by atoms with Crippen molar-refractivity contribution < 1.29 is 14.6 Å². The summed E-state index contributed by atoms with van der Waals surface area (Å²) in [5, 5.41) is 10.0. The average molecular weight is 244 g/mol. The van der Waals surface area contributed by atoms with Crippen LogP contribution in [0.2, 0.25) is 0 Å². The second-order valence-corrected chi connectivity index (χ2v) is 5.06. The van der Waals surface area contributed by atoms with Gasteiger partial charge in [-0.25, -0.2) is 0 Å². The molecular weight excluding hydrogens is 216 g/mol. The Morgan fingerprint density at radius 1 is 1.18 bits per heavy atom. The zero-order chi connectivity index (χ0) is 13.3. The molecule has 0 radical (unpaired) electrons. The molecule has 0 rings (SSSR count). The maximum Gasteiger partial charge on any atom is 0.311 e. The number of hydrogen-bond donors (Lipinski definition) is 1. The minimum absolute atomic E-state index is 0.119. The lowest BCUT2D eigenvalue weighted by atomic mass is 9.87. The van der Waals surface area contributed by atoms with Gasteiger partial charge in [0.15, 0.2) is 0 Å². The molecule has 2 atom stereocenters. The monoisotopic (exact) mass is 244 g/mol. The zero-order valence-corrected chi connectivity index (χ0v) is 11.7. The second-order valence-electron chi connectivity index (χ2n) is 5.06. The highest BCUT2D eigenvalue weighted by Crippen LogP contribution is 2.21. The molecule has 0 aromatic heterocycles. The molecule has 0 fully saturated rings. The van der Waals surface area contributed by atoms with E-state index < -0.39 is 6.10 Å². The van der Waals surface area contributed by atoms with Gasteiger partial charge in [0, 0.05) is 0 Å². The highest BCUT2D eigenvalue weighted by molar-refractivity contribution is 5.73. The molecule has 2 unspecified atom stereocenters. The number of ether oxygens (including phenoxy) is 1. The molecule has 1 N–H and O–H groups in total. The van der Waals surface area contributed by atoms with Crippen LogP contribution in [0.25, 0.3) is 0 Å². The number of unbranched alkanes of at least 4 members (excludes halogenated alkanes) is 4. The van der Waals surface area contributed by atoms with E-state index in [4.69, 9.17) is 4.74 Å². The summed E-state index contributed by atoms with van der Waals surface area (Å²) in [7, 11) is 1.38. The lowest BCUT2D eigenvalue weighted by molar-refractivity contribution is -0.151. The molecule has 0 saturated carbocycles. The predicted molar refractivity (Wildman–Crippen MR) is 69.7 cm³/mol. The first kappa shape index (κ1) is 16.4. The SMILES string of the molecule is CCCCCCCC(O)C(C(=O)OC)C(C)C. The smallest absolute Gasteiger partial charge is 0.311 e. The van der Waals surface area contributed by atoms with Crippen LogP contribution in [0, 0.1) is 11.8 Å². The van der Waals surface area contributed by atoms with Gasteiger partial charge in [0.05, 0.1) is 19.1 Å². The molecule has 0 saturated heterocycles. The maximum absolute atomic E-state index is 11.5. The number of aliphatic hydroxyl groups excluding tert-OH is 1.